The first-order valence-electron chi connectivity index (χ1n) is 6.73. The number of piperazine rings is 1. The van der Waals surface area contributed by atoms with Gasteiger partial charge in [-0.1, -0.05) is 37.3 Å². The van der Waals surface area contributed by atoms with Crippen LogP contribution in [0.4, 0.5) is 0 Å². The summed E-state index contributed by atoms with van der Waals surface area (Å²) in [4.78, 5) is 36.8. The van der Waals surface area contributed by atoms with E-state index in [4.69, 9.17) is 0 Å². The number of imide groups is 1. The van der Waals surface area contributed by atoms with Crippen LogP contribution in [0.2, 0.25) is 0 Å². The van der Waals surface area contributed by atoms with Gasteiger partial charge < -0.3 is 0 Å². The van der Waals surface area contributed by atoms with E-state index in [1.807, 2.05) is 37.3 Å². The fourth-order valence-electron chi connectivity index (χ4n) is 2.44. The highest BCUT2D eigenvalue weighted by molar-refractivity contribution is 6.01. The van der Waals surface area contributed by atoms with E-state index in [1.54, 1.807) is 4.90 Å². The second kappa shape index (κ2) is 6.43. The molecular formula is C15H18N2O3. The lowest BCUT2D eigenvalue weighted by Gasteiger charge is -2.32. The Bertz CT molecular complexity index is 513. The van der Waals surface area contributed by atoms with Gasteiger partial charge in [-0.25, -0.2) is 0 Å². The summed E-state index contributed by atoms with van der Waals surface area (Å²) in [5, 5.41) is 2.30. The molecule has 0 radical (unpaired) electrons. The lowest BCUT2D eigenvalue weighted by atomic mass is 10.1. The van der Waals surface area contributed by atoms with Gasteiger partial charge >= 0.3 is 0 Å². The molecule has 0 bridgehead atoms. The molecule has 1 aromatic rings. The predicted molar refractivity (Wildman–Crippen MR) is 74.0 cm³/mol. The topological polar surface area (TPSA) is 66.5 Å². The van der Waals surface area contributed by atoms with Gasteiger partial charge in [-0.2, -0.15) is 0 Å². The number of Topliss-reactive ketones (excluding diaryl/α,β-unsaturated/α-hetero) is 1. The van der Waals surface area contributed by atoms with Crippen molar-refractivity contribution < 1.29 is 14.4 Å². The molecule has 106 valence electrons. The predicted octanol–water partition coefficient (Wildman–Crippen LogP) is 0.535. The molecule has 1 saturated heterocycles. The second-order valence-electron chi connectivity index (χ2n) is 4.94. The maximum absolute atomic E-state index is 12.1. The molecule has 2 amide bonds. The average Bonchev–Trinajstić information content (AvgIpc) is 2.39. The third-order valence-corrected chi connectivity index (χ3v) is 3.36. The van der Waals surface area contributed by atoms with Gasteiger partial charge in [0.1, 0.15) is 0 Å². The first-order chi connectivity index (χ1) is 9.60. The molecule has 1 atom stereocenters. The molecule has 1 aliphatic heterocycles. The van der Waals surface area contributed by atoms with Crippen molar-refractivity contribution >= 4 is 17.6 Å². The molecular weight excluding hydrogens is 256 g/mol. The number of benzene rings is 1. The van der Waals surface area contributed by atoms with Crippen molar-refractivity contribution in [2.45, 2.75) is 25.8 Å². The van der Waals surface area contributed by atoms with E-state index in [1.165, 1.54) is 0 Å². The minimum atomic E-state index is -0.396. The maximum atomic E-state index is 12.1. The minimum absolute atomic E-state index is 0.0113. The monoisotopic (exact) mass is 274 g/mol. The molecule has 0 aromatic heterocycles. The SMILES string of the molecule is CCC1C(=O)NC(=O)CN1CC(=O)Cc1ccccc1. The van der Waals surface area contributed by atoms with Crippen molar-refractivity contribution in [2.24, 2.45) is 0 Å². The van der Waals surface area contributed by atoms with Gasteiger partial charge in [0.2, 0.25) is 11.8 Å². The first kappa shape index (κ1) is 14.4. The summed E-state index contributed by atoms with van der Waals surface area (Å²) in [6.45, 7) is 2.10. The van der Waals surface area contributed by atoms with Gasteiger partial charge in [0, 0.05) is 6.42 Å². The number of carbonyl (C=O) groups excluding carboxylic acids is 3. The van der Waals surface area contributed by atoms with E-state index in [0.29, 0.717) is 12.8 Å². The lowest BCUT2D eigenvalue weighted by Crippen LogP contribution is -2.58. The number of ketones is 1. The van der Waals surface area contributed by atoms with E-state index >= 15 is 0 Å². The van der Waals surface area contributed by atoms with Crippen molar-refractivity contribution in [1.29, 1.82) is 0 Å². The summed E-state index contributed by atoms with van der Waals surface area (Å²) in [6.07, 6.45) is 0.904. The molecule has 2 rings (SSSR count). The van der Waals surface area contributed by atoms with Crippen molar-refractivity contribution in [3.63, 3.8) is 0 Å². The maximum Gasteiger partial charge on any atom is 0.243 e. The van der Waals surface area contributed by atoms with Crippen molar-refractivity contribution in [3.8, 4) is 0 Å². The smallest absolute Gasteiger partial charge is 0.243 e. The standard InChI is InChI=1S/C15H18N2O3/c1-2-13-15(20)16-14(19)10-17(13)9-12(18)8-11-6-4-3-5-7-11/h3-7,13H,2,8-10H2,1H3,(H,16,19,20). The van der Waals surface area contributed by atoms with E-state index in [9.17, 15) is 14.4 Å². The van der Waals surface area contributed by atoms with E-state index in [-0.39, 0.29) is 30.7 Å². The Morgan fingerprint density at radius 3 is 2.65 bits per heavy atom. The summed E-state index contributed by atoms with van der Waals surface area (Å²) < 4.78 is 0. The molecule has 0 spiro atoms. The molecule has 1 N–H and O–H groups in total. The van der Waals surface area contributed by atoms with Crippen LogP contribution >= 0.6 is 0 Å². The van der Waals surface area contributed by atoms with Crippen LogP contribution in [0.15, 0.2) is 30.3 Å². The fourth-order valence-corrected chi connectivity index (χ4v) is 2.44. The van der Waals surface area contributed by atoms with Crippen molar-refractivity contribution in [2.75, 3.05) is 13.1 Å². The summed E-state index contributed by atoms with van der Waals surface area (Å²) in [6, 6.07) is 9.05. The minimum Gasteiger partial charge on any atom is -0.298 e. The third-order valence-electron chi connectivity index (χ3n) is 3.36. The van der Waals surface area contributed by atoms with Crippen molar-refractivity contribution in [1.82, 2.24) is 10.2 Å². The van der Waals surface area contributed by atoms with Gasteiger partial charge in [0.15, 0.2) is 5.78 Å². The van der Waals surface area contributed by atoms with Crippen LogP contribution in [0.25, 0.3) is 0 Å². The fraction of sp³-hybridized carbons (Fsp3) is 0.400. The van der Waals surface area contributed by atoms with Crippen LogP contribution < -0.4 is 5.32 Å². The molecule has 0 aliphatic carbocycles. The van der Waals surface area contributed by atoms with Crippen LogP contribution in [0.5, 0.6) is 0 Å². The van der Waals surface area contributed by atoms with Gasteiger partial charge in [-0.15, -0.1) is 0 Å². The van der Waals surface area contributed by atoms with Gasteiger partial charge in [-0.05, 0) is 12.0 Å². The molecule has 5 heteroatoms. The Kier molecular flexibility index (Phi) is 4.63. The zero-order chi connectivity index (χ0) is 14.5. The molecule has 1 unspecified atom stereocenters. The normalized spacial score (nSPS) is 19.8. The van der Waals surface area contributed by atoms with E-state index in [2.05, 4.69) is 5.32 Å². The molecule has 0 saturated carbocycles. The highest BCUT2D eigenvalue weighted by Gasteiger charge is 2.33. The summed E-state index contributed by atoms with van der Waals surface area (Å²) in [7, 11) is 0. The number of hydrogen-bond acceptors (Lipinski definition) is 4. The van der Waals surface area contributed by atoms with E-state index in [0.717, 1.165) is 5.56 Å². The van der Waals surface area contributed by atoms with Crippen LogP contribution in [0.1, 0.15) is 18.9 Å². The second-order valence-corrected chi connectivity index (χ2v) is 4.94. The average molecular weight is 274 g/mol. The number of nitrogens with one attached hydrogen (secondary N) is 1. The van der Waals surface area contributed by atoms with Crippen LogP contribution in [-0.4, -0.2) is 41.6 Å². The van der Waals surface area contributed by atoms with Gasteiger partial charge in [-0.3, -0.25) is 24.6 Å². The molecule has 5 nitrogen and oxygen atoms in total. The third kappa shape index (κ3) is 3.51. The highest BCUT2D eigenvalue weighted by Crippen LogP contribution is 2.10. The lowest BCUT2D eigenvalue weighted by molar-refractivity contribution is -0.140. The van der Waals surface area contributed by atoms with Crippen LogP contribution in [0.3, 0.4) is 0 Å². The zero-order valence-corrected chi connectivity index (χ0v) is 11.5. The number of nitrogens with zero attached hydrogens (tertiary/aromatic N) is 1. The summed E-state index contributed by atoms with van der Waals surface area (Å²) >= 11 is 0. The Balaban J connectivity index is 1.98. The molecule has 1 heterocycles. The van der Waals surface area contributed by atoms with Gasteiger partial charge in [0.25, 0.3) is 0 Å². The largest absolute Gasteiger partial charge is 0.298 e. The summed E-state index contributed by atoms with van der Waals surface area (Å²) in [5.41, 5.74) is 0.943. The zero-order valence-electron chi connectivity index (χ0n) is 11.5. The molecule has 1 aromatic carbocycles. The number of rotatable bonds is 5. The van der Waals surface area contributed by atoms with Crippen molar-refractivity contribution in [3.05, 3.63) is 35.9 Å². The number of hydrogen-bond donors (Lipinski definition) is 1. The Morgan fingerprint density at radius 2 is 2.00 bits per heavy atom. The van der Waals surface area contributed by atoms with E-state index < -0.39 is 6.04 Å². The molecule has 1 fully saturated rings. The number of amides is 2. The van der Waals surface area contributed by atoms with Crippen LogP contribution in [-0.2, 0) is 20.8 Å². The molecule has 20 heavy (non-hydrogen) atoms. The molecule has 1 aliphatic rings. The Morgan fingerprint density at radius 1 is 1.30 bits per heavy atom. The highest BCUT2D eigenvalue weighted by atomic mass is 16.2. The number of carbonyl (C=O) groups is 3. The Labute approximate surface area is 118 Å². The summed E-state index contributed by atoms with van der Waals surface area (Å²) in [5.74, 6) is -0.638. The van der Waals surface area contributed by atoms with Gasteiger partial charge in [0.05, 0.1) is 19.1 Å². The Hall–Kier alpha value is -2.01. The first-order valence-corrected chi connectivity index (χ1v) is 6.73. The van der Waals surface area contributed by atoms with Crippen LogP contribution in [0, 0.1) is 0 Å². The quantitative estimate of drug-likeness (QED) is 0.796.